The number of thioether (sulfide) groups is 1. The van der Waals surface area contributed by atoms with Crippen molar-refractivity contribution in [1.29, 1.82) is 0 Å². The third-order valence-electron chi connectivity index (χ3n) is 4.25. The third-order valence-corrected chi connectivity index (χ3v) is 7.12. The predicted octanol–water partition coefficient (Wildman–Crippen LogP) is 1.90. The number of para-hydroxylation sites is 1. The number of aliphatic hydroxyl groups is 1. The molecule has 1 fully saturated rings. The van der Waals surface area contributed by atoms with Crippen LogP contribution in [0.15, 0.2) is 48.1 Å². The molecule has 3 rings (SSSR count). The first-order valence-corrected chi connectivity index (χ1v) is 11.5. The number of benzene rings is 1. The van der Waals surface area contributed by atoms with Crippen LogP contribution in [0.4, 0.5) is 0 Å². The van der Waals surface area contributed by atoms with Crippen LogP contribution in [0.25, 0.3) is 0 Å². The zero-order chi connectivity index (χ0) is 19.3. The molecule has 2 unspecified atom stereocenters. The SMILES string of the molecule is C=CCn1c(SCC(O)COc2ccccc2)nnc1C1CCS(=O)(=O)C1. The summed E-state index contributed by atoms with van der Waals surface area (Å²) >= 11 is 1.37. The topological polar surface area (TPSA) is 94.3 Å². The molecule has 1 N–H and O–H groups in total. The van der Waals surface area contributed by atoms with Crippen molar-refractivity contribution in [3.8, 4) is 5.75 Å². The molecule has 1 aliphatic heterocycles. The molecule has 1 aromatic heterocycles. The van der Waals surface area contributed by atoms with Crippen molar-refractivity contribution in [3.63, 3.8) is 0 Å². The molecule has 0 spiro atoms. The van der Waals surface area contributed by atoms with Crippen LogP contribution < -0.4 is 4.74 Å². The van der Waals surface area contributed by atoms with E-state index in [0.29, 0.717) is 35.4 Å². The van der Waals surface area contributed by atoms with E-state index in [-0.39, 0.29) is 24.0 Å². The molecular formula is C18H23N3O4S2. The van der Waals surface area contributed by atoms with Gasteiger partial charge in [0, 0.05) is 18.2 Å². The fraction of sp³-hybridized carbons (Fsp3) is 0.444. The van der Waals surface area contributed by atoms with Crippen LogP contribution in [0.2, 0.25) is 0 Å². The van der Waals surface area contributed by atoms with Gasteiger partial charge < -0.3 is 14.4 Å². The summed E-state index contributed by atoms with van der Waals surface area (Å²) in [6.07, 6.45) is 1.63. The van der Waals surface area contributed by atoms with Gasteiger partial charge in [0.2, 0.25) is 0 Å². The molecular weight excluding hydrogens is 386 g/mol. The first kappa shape index (κ1) is 19.9. The summed E-state index contributed by atoms with van der Waals surface area (Å²) in [5, 5.41) is 19.2. The van der Waals surface area contributed by atoms with Gasteiger partial charge in [-0.05, 0) is 18.6 Å². The smallest absolute Gasteiger partial charge is 0.191 e. The molecule has 9 heteroatoms. The van der Waals surface area contributed by atoms with Crippen molar-refractivity contribution in [2.45, 2.75) is 30.1 Å². The monoisotopic (exact) mass is 409 g/mol. The Hall–Kier alpha value is -1.84. The van der Waals surface area contributed by atoms with Crippen molar-refractivity contribution < 1.29 is 18.3 Å². The Morgan fingerprint density at radius 1 is 1.37 bits per heavy atom. The highest BCUT2D eigenvalue weighted by molar-refractivity contribution is 7.99. The van der Waals surface area contributed by atoms with Gasteiger partial charge >= 0.3 is 0 Å². The molecule has 2 heterocycles. The first-order valence-electron chi connectivity index (χ1n) is 8.71. The molecule has 146 valence electrons. The van der Waals surface area contributed by atoms with Crippen LogP contribution in [0.3, 0.4) is 0 Å². The van der Waals surface area contributed by atoms with Crippen LogP contribution in [-0.4, -0.2) is 58.3 Å². The number of ether oxygens (including phenoxy) is 1. The van der Waals surface area contributed by atoms with Crippen molar-refractivity contribution >= 4 is 21.6 Å². The normalized spacial score (nSPS) is 19.7. The highest BCUT2D eigenvalue weighted by atomic mass is 32.2. The lowest BCUT2D eigenvalue weighted by molar-refractivity contribution is 0.126. The molecule has 2 atom stereocenters. The summed E-state index contributed by atoms with van der Waals surface area (Å²) < 4.78 is 31.0. The fourth-order valence-electron chi connectivity index (χ4n) is 2.94. The van der Waals surface area contributed by atoms with E-state index in [2.05, 4.69) is 16.8 Å². The van der Waals surface area contributed by atoms with Gasteiger partial charge in [-0.25, -0.2) is 8.42 Å². The maximum Gasteiger partial charge on any atom is 0.191 e. The van der Waals surface area contributed by atoms with Gasteiger partial charge in [0.05, 0.1) is 17.6 Å². The number of aromatic nitrogens is 3. The van der Waals surface area contributed by atoms with Crippen LogP contribution >= 0.6 is 11.8 Å². The van der Waals surface area contributed by atoms with Crippen molar-refractivity contribution in [2.75, 3.05) is 23.9 Å². The quantitative estimate of drug-likeness (QED) is 0.499. The maximum absolute atomic E-state index is 11.8. The Balaban J connectivity index is 1.60. The summed E-state index contributed by atoms with van der Waals surface area (Å²) in [5.41, 5.74) is 0. The van der Waals surface area contributed by atoms with Gasteiger partial charge in [-0.15, -0.1) is 16.8 Å². The van der Waals surface area contributed by atoms with Gasteiger partial charge in [0.25, 0.3) is 0 Å². The van der Waals surface area contributed by atoms with E-state index in [4.69, 9.17) is 4.74 Å². The highest BCUT2D eigenvalue weighted by Gasteiger charge is 2.33. The second-order valence-corrected chi connectivity index (χ2v) is 9.64. The molecule has 1 aliphatic rings. The summed E-state index contributed by atoms with van der Waals surface area (Å²) in [5.74, 6) is 1.94. The minimum absolute atomic E-state index is 0.112. The van der Waals surface area contributed by atoms with Gasteiger partial charge in [-0.2, -0.15) is 0 Å². The van der Waals surface area contributed by atoms with Crippen molar-refractivity contribution in [1.82, 2.24) is 14.8 Å². The Labute approximate surface area is 163 Å². The number of hydrogen-bond acceptors (Lipinski definition) is 7. The first-order chi connectivity index (χ1) is 13.0. The van der Waals surface area contributed by atoms with E-state index in [1.165, 1.54) is 11.8 Å². The Morgan fingerprint density at radius 3 is 2.81 bits per heavy atom. The van der Waals surface area contributed by atoms with Gasteiger partial charge in [-0.1, -0.05) is 36.0 Å². The zero-order valence-electron chi connectivity index (χ0n) is 14.9. The molecule has 1 saturated heterocycles. The molecule has 27 heavy (non-hydrogen) atoms. The maximum atomic E-state index is 11.8. The fourth-order valence-corrected chi connectivity index (χ4v) is 5.54. The average molecular weight is 410 g/mol. The standard InChI is InChI=1S/C18H23N3O4S2/c1-2-9-21-17(14-8-10-27(23,24)13-14)19-20-18(21)26-12-15(22)11-25-16-6-4-3-5-7-16/h2-7,14-15,22H,1,8-13H2. The molecule has 7 nitrogen and oxygen atoms in total. The minimum atomic E-state index is -3.00. The Morgan fingerprint density at radius 2 is 2.15 bits per heavy atom. The second-order valence-electron chi connectivity index (χ2n) is 6.43. The third kappa shape index (κ3) is 5.33. The number of rotatable bonds is 9. The number of aliphatic hydroxyl groups excluding tert-OH is 1. The number of hydrogen-bond donors (Lipinski definition) is 1. The Kier molecular flexibility index (Phi) is 6.56. The molecule has 0 saturated carbocycles. The summed E-state index contributed by atoms with van der Waals surface area (Å²) in [6.45, 7) is 4.44. The zero-order valence-corrected chi connectivity index (χ0v) is 16.5. The van der Waals surface area contributed by atoms with E-state index in [9.17, 15) is 13.5 Å². The average Bonchev–Trinajstić information content (AvgIpc) is 3.22. The molecule has 0 aliphatic carbocycles. The van der Waals surface area contributed by atoms with E-state index in [0.717, 1.165) is 0 Å². The van der Waals surface area contributed by atoms with E-state index < -0.39 is 15.9 Å². The number of allylic oxidation sites excluding steroid dienone is 1. The van der Waals surface area contributed by atoms with Crippen molar-refractivity contribution in [3.05, 3.63) is 48.8 Å². The number of nitrogens with zero attached hydrogens (tertiary/aromatic N) is 3. The Bertz CT molecular complexity index is 868. The molecule has 0 amide bonds. The minimum Gasteiger partial charge on any atom is -0.491 e. The lowest BCUT2D eigenvalue weighted by atomic mass is 10.1. The van der Waals surface area contributed by atoms with Crippen LogP contribution in [0, 0.1) is 0 Å². The molecule has 2 aromatic rings. The van der Waals surface area contributed by atoms with Crippen LogP contribution in [-0.2, 0) is 16.4 Å². The number of sulfone groups is 1. The van der Waals surface area contributed by atoms with Crippen molar-refractivity contribution in [2.24, 2.45) is 0 Å². The van der Waals surface area contributed by atoms with E-state index in [1.807, 2.05) is 34.9 Å². The largest absolute Gasteiger partial charge is 0.491 e. The summed E-state index contributed by atoms with van der Waals surface area (Å²) in [7, 11) is -3.00. The molecule has 0 bridgehead atoms. The molecule has 0 radical (unpaired) electrons. The predicted molar refractivity (Wildman–Crippen MR) is 105 cm³/mol. The highest BCUT2D eigenvalue weighted by Crippen LogP contribution is 2.30. The van der Waals surface area contributed by atoms with E-state index >= 15 is 0 Å². The van der Waals surface area contributed by atoms with Crippen LogP contribution in [0.1, 0.15) is 18.2 Å². The van der Waals surface area contributed by atoms with Gasteiger partial charge in [-0.3, -0.25) is 0 Å². The lowest BCUT2D eigenvalue weighted by Crippen LogP contribution is -2.20. The summed E-state index contributed by atoms with van der Waals surface area (Å²) in [6, 6.07) is 9.32. The lowest BCUT2D eigenvalue weighted by Gasteiger charge is -2.13. The summed E-state index contributed by atoms with van der Waals surface area (Å²) in [4.78, 5) is 0. The van der Waals surface area contributed by atoms with E-state index in [1.54, 1.807) is 6.08 Å². The second kappa shape index (κ2) is 8.90. The van der Waals surface area contributed by atoms with Gasteiger partial charge in [0.1, 0.15) is 18.2 Å². The molecule has 1 aromatic carbocycles. The van der Waals surface area contributed by atoms with Crippen LogP contribution in [0.5, 0.6) is 5.75 Å². The van der Waals surface area contributed by atoms with Gasteiger partial charge in [0.15, 0.2) is 15.0 Å².